The topological polar surface area (TPSA) is 47.9 Å². The maximum atomic E-state index is 5.87. The molecule has 0 atom stereocenters. The molecule has 0 bridgehead atoms. The molecule has 0 saturated carbocycles. The van der Waals surface area contributed by atoms with Crippen LogP contribution < -0.4 is 4.74 Å². The smallest absolute Gasteiger partial charge is 0.224 e. The van der Waals surface area contributed by atoms with Gasteiger partial charge in [-0.3, -0.25) is 4.98 Å². The molecule has 94 valence electrons. The first-order chi connectivity index (χ1) is 9.20. The summed E-state index contributed by atoms with van der Waals surface area (Å²) in [7, 11) is 0. The van der Waals surface area contributed by atoms with Crippen LogP contribution in [0.4, 0.5) is 0 Å². The van der Waals surface area contributed by atoms with Crippen LogP contribution >= 0.6 is 11.6 Å². The molecule has 0 unspecified atom stereocenters. The van der Waals surface area contributed by atoms with E-state index < -0.39 is 0 Å². The van der Waals surface area contributed by atoms with Gasteiger partial charge in [-0.1, -0.05) is 17.7 Å². The van der Waals surface area contributed by atoms with Crippen LogP contribution in [-0.2, 0) is 0 Å². The van der Waals surface area contributed by atoms with Crippen molar-refractivity contribution in [3.05, 3.63) is 53.6 Å². The SMILES string of the molecule is Cc1nc(Cl)cc(Oc2ccc3ncccc3c2)n1. The van der Waals surface area contributed by atoms with Crippen LogP contribution in [0.3, 0.4) is 0 Å². The average molecular weight is 272 g/mol. The maximum Gasteiger partial charge on any atom is 0.224 e. The fourth-order valence-electron chi connectivity index (χ4n) is 1.80. The molecule has 0 aliphatic heterocycles. The van der Waals surface area contributed by atoms with Gasteiger partial charge in [0.05, 0.1) is 5.52 Å². The number of rotatable bonds is 2. The number of aromatic nitrogens is 3. The number of benzene rings is 1. The fourth-order valence-corrected chi connectivity index (χ4v) is 2.01. The molecule has 3 aromatic rings. The predicted molar refractivity (Wildman–Crippen MR) is 73.6 cm³/mol. The number of halogens is 1. The van der Waals surface area contributed by atoms with E-state index in [4.69, 9.17) is 16.3 Å². The number of ether oxygens (including phenoxy) is 1. The summed E-state index contributed by atoms with van der Waals surface area (Å²) >= 11 is 5.87. The third-order valence-corrected chi connectivity index (χ3v) is 2.77. The molecule has 5 heteroatoms. The molecule has 1 aromatic carbocycles. The molecular weight excluding hydrogens is 262 g/mol. The largest absolute Gasteiger partial charge is 0.439 e. The first kappa shape index (κ1) is 11.9. The van der Waals surface area contributed by atoms with Gasteiger partial charge in [0, 0.05) is 17.6 Å². The molecule has 0 aliphatic rings. The second-order valence-corrected chi connectivity index (χ2v) is 4.42. The summed E-state index contributed by atoms with van der Waals surface area (Å²) in [5.74, 6) is 1.69. The van der Waals surface area contributed by atoms with Crippen molar-refractivity contribution in [1.29, 1.82) is 0 Å². The van der Waals surface area contributed by atoms with Gasteiger partial charge in [-0.15, -0.1) is 0 Å². The van der Waals surface area contributed by atoms with Gasteiger partial charge in [0.1, 0.15) is 16.7 Å². The first-order valence-corrected chi connectivity index (χ1v) is 6.12. The van der Waals surface area contributed by atoms with Gasteiger partial charge in [0.25, 0.3) is 0 Å². The van der Waals surface area contributed by atoms with E-state index in [1.54, 1.807) is 19.2 Å². The second-order valence-electron chi connectivity index (χ2n) is 4.04. The average Bonchev–Trinajstić information content (AvgIpc) is 2.37. The van der Waals surface area contributed by atoms with E-state index in [-0.39, 0.29) is 0 Å². The Morgan fingerprint density at radius 3 is 2.84 bits per heavy atom. The quantitative estimate of drug-likeness (QED) is 0.666. The molecule has 19 heavy (non-hydrogen) atoms. The zero-order valence-corrected chi connectivity index (χ0v) is 10.9. The first-order valence-electron chi connectivity index (χ1n) is 5.74. The van der Waals surface area contributed by atoms with Crippen LogP contribution in [0.1, 0.15) is 5.82 Å². The van der Waals surface area contributed by atoms with E-state index in [9.17, 15) is 0 Å². The Kier molecular flexibility index (Phi) is 3.01. The normalized spacial score (nSPS) is 10.6. The number of hydrogen-bond donors (Lipinski definition) is 0. The molecule has 0 saturated heterocycles. The highest BCUT2D eigenvalue weighted by Crippen LogP contribution is 2.24. The lowest BCUT2D eigenvalue weighted by atomic mass is 10.2. The van der Waals surface area contributed by atoms with Gasteiger partial charge in [-0.2, -0.15) is 4.98 Å². The molecule has 0 fully saturated rings. The lowest BCUT2D eigenvalue weighted by Crippen LogP contribution is -1.93. The van der Waals surface area contributed by atoms with Crippen LogP contribution in [0.2, 0.25) is 5.15 Å². The maximum absolute atomic E-state index is 5.87. The van der Waals surface area contributed by atoms with Crippen molar-refractivity contribution in [1.82, 2.24) is 15.0 Å². The molecule has 0 radical (unpaired) electrons. The summed E-state index contributed by atoms with van der Waals surface area (Å²) in [6.07, 6.45) is 1.76. The molecule has 0 amide bonds. The molecule has 2 heterocycles. The van der Waals surface area contributed by atoms with Gasteiger partial charge in [0.2, 0.25) is 5.88 Å². The molecule has 4 nitrogen and oxygen atoms in total. The Morgan fingerprint density at radius 2 is 2.00 bits per heavy atom. The second kappa shape index (κ2) is 4.82. The summed E-state index contributed by atoms with van der Waals surface area (Å²) in [6, 6.07) is 11.1. The molecule has 0 N–H and O–H groups in total. The van der Waals surface area contributed by atoms with Gasteiger partial charge in [0.15, 0.2) is 0 Å². The summed E-state index contributed by atoms with van der Waals surface area (Å²) in [5, 5.41) is 1.38. The minimum absolute atomic E-state index is 0.366. The monoisotopic (exact) mass is 271 g/mol. The Labute approximate surface area is 115 Å². The van der Waals surface area contributed by atoms with Crippen molar-refractivity contribution in [3.63, 3.8) is 0 Å². The van der Waals surface area contributed by atoms with E-state index in [0.717, 1.165) is 10.9 Å². The lowest BCUT2D eigenvalue weighted by molar-refractivity contribution is 0.460. The van der Waals surface area contributed by atoms with Crippen LogP contribution in [-0.4, -0.2) is 15.0 Å². The zero-order valence-electron chi connectivity index (χ0n) is 10.2. The number of aryl methyl sites for hydroxylation is 1. The Hall–Kier alpha value is -2.20. The van der Waals surface area contributed by atoms with Crippen LogP contribution in [0.15, 0.2) is 42.6 Å². The van der Waals surface area contributed by atoms with Gasteiger partial charge in [-0.05, 0) is 31.2 Å². The fraction of sp³-hybridized carbons (Fsp3) is 0.0714. The predicted octanol–water partition coefficient (Wildman–Crippen LogP) is 3.78. The van der Waals surface area contributed by atoms with E-state index in [1.165, 1.54) is 0 Å². The third-order valence-electron chi connectivity index (χ3n) is 2.58. The van der Waals surface area contributed by atoms with E-state index in [2.05, 4.69) is 15.0 Å². The number of fused-ring (bicyclic) bond motifs is 1. The molecule has 2 aromatic heterocycles. The van der Waals surface area contributed by atoms with Gasteiger partial charge < -0.3 is 4.74 Å². The Bertz CT molecular complexity index is 725. The number of hydrogen-bond acceptors (Lipinski definition) is 4. The highest BCUT2D eigenvalue weighted by molar-refractivity contribution is 6.29. The van der Waals surface area contributed by atoms with Crippen molar-refractivity contribution in [3.8, 4) is 11.6 Å². The Morgan fingerprint density at radius 1 is 1.11 bits per heavy atom. The van der Waals surface area contributed by atoms with Gasteiger partial charge in [-0.25, -0.2) is 4.98 Å². The van der Waals surface area contributed by atoms with Crippen LogP contribution in [0.25, 0.3) is 10.9 Å². The molecule has 0 aliphatic carbocycles. The minimum atomic E-state index is 0.366. The van der Waals surface area contributed by atoms with Crippen LogP contribution in [0.5, 0.6) is 11.6 Å². The summed E-state index contributed by atoms with van der Waals surface area (Å²) in [4.78, 5) is 12.4. The third kappa shape index (κ3) is 2.63. The van der Waals surface area contributed by atoms with Crippen molar-refractivity contribution < 1.29 is 4.74 Å². The number of pyridine rings is 1. The molecule has 3 rings (SSSR count). The van der Waals surface area contributed by atoms with Crippen LogP contribution in [0, 0.1) is 6.92 Å². The minimum Gasteiger partial charge on any atom is -0.439 e. The Balaban J connectivity index is 1.96. The highest BCUT2D eigenvalue weighted by Gasteiger charge is 2.04. The lowest BCUT2D eigenvalue weighted by Gasteiger charge is -2.06. The molecular formula is C14H10ClN3O. The zero-order chi connectivity index (χ0) is 13.2. The molecule has 0 spiro atoms. The van der Waals surface area contributed by atoms with Gasteiger partial charge >= 0.3 is 0 Å². The van der Waals surface area contributed by atoms with Crippen molar-refractivity contribution >= 4 is 22.5 Å². The number of nitrogens with zero attached hydrogens (tertiary/aromatic N) is 3. The summed E-state index contributed by atoms with van der Waals surface area (Å²) in [6.45, 7) is 1.77. The van der Waals surface area contributed by atoms with E-state index >= 15 is 0 Å². The van der Waals surface area contributed by atoms with Crippen molar-refractivity contribution in [2.45, 2.75) is 6.92 Å². The highest BCUT2D eigenvalue weighted by atomic mass is 35.5. The van der Waals surface area contributed by atoms with Crippen molar-refractivity contribution in [2.75, 3.05) is 0 Å². The summed E-state index contributed by atoms with van der Waals surface area (Å²) < 4.78 is 5.68. The standard InChI is InChI=1S/C14H10ClN3O/c1-9-17-13(15)8-14(18-9)19-11-4-5-12-10(7-11)3-2-6-16-12/h2-8H,1H3. The van der Waals surface area contributed by atoms with Crippen molar-refractivity contribution in [2.24, 2.45) is 0 Å². The van der Waals surface area contributed by atoms with E-state index in [1.807, 2.05) is 30.3 Å². The summed E-state index contributed by atoms with van der Waals surface area (Å²) in [5.41, 5.74) is 0.923. The van der Waals surface area contributed by atoms with E-state index in [0.29, 0.717) is 22.6 Å².